The van der Waals surface area contributed by atoms with E-state index in [0.29, 0.717) is 23.8 Å². The number of aromatic nitrogens is 4. The van der Waals surface area contributed by atoms with E-state index in [1.54, 1.807) is 13.4 Å². The number of halogens is 1. The molecule has 0 amide bonds. The minimum Gasteiger partial charge on any atom is -1.00 e. The molecule has 0 saturated heterocycles. The number of benzene rings is 1. The molecule has 0 aliphatic rings. The maximum absolute atomic E-state index is 12.5. The molecule has 3 rings (SSSR count). The van der Waals surface area contributed by atoms with Crippen molar-refractivity contribution in [2.75, 3.05) is 13.1 Å². The van der Waals surface area contributed by atoms with Crippen LogP contribution >= 0.6 is 0 Å². The summed E-state index contributed by atoms with van der Waals surface area (Å²) in [7, 11) is 3.14. The quantitative estimate of drug-likeness (QED) is 0.418. The molecule has 7 nitrogen and oxygen atoms in total. The van der Waals surface area contributed by atoms with Crippen LogP contribution in [0, 0.1) is 0 Å². The van der Waals surface area contributed by atoms with Crippen LogP contribution in [0.2, 0.25) is 0 Å². The third-order valence-electron chi connectivity index (χ3n) is 5.43. The zero-order chi connectivity index (χ0) is 20.3. The number of fused-ring (bicyclic) bond motifs is 1. The second kappa shape index (κ2) is 9.71. The number of nitrogens with one attached hydrogen (secondary N) is 1. The van der Waals surface area contributed by atoms with Gasteiger partial charge in [-0.1, -0.05) is 36.9 Å². The lowest BCUT2D eigenvalue weighted by atomic mass is 10.1. The Morgan fingerprint density at radius 2 is 1.86 bits per heavy atom. The van der Waals surface area contributed by atoms with Crippen molar-refractivity contribution < 1.29 is 17.3 Å². The lowest BCUT2D eigenvalue weighted by Crippen LogP contribution is -3.11. The van der Waals surface area contributed by atoms with Crippen LogP contribution in [0.3, 0.4) is 0 Å². The van der Waals surface area contributed by atoms with E-state index in [9.17, 15) is 9.59 Å². The van der Waals surface area contributed by atoms with Crippen LogP contribution in [0.4, 0.5) is 0 Å². The first-order valence-electron chi connectivity index (χ1n) is 9.57. The Labute approximate surface area is 176 Å². The van der Waals surface area contributed by atoms with Gasteiger partial charge in [-0.05, 0) is 13.0 Å². The Balaban J connectivity index is 0.00000300. The van der Waals surface area contributed by atoms with Gasteiger partial charge in [0.05, 0.1) is 19.4 Å². The van der Waals surface area contributed by atoms with Crippen LogP contribution in [0.15, 0.2) is 58.9 Å². The molecule has 1 aromatic carbocycles. The van der Waals surface area contributed by atoms with E-state index in [1.807, 2.05) is 16.7 Å². The van der Waals surface area contributed by atoms with Crippen molar-refractivity contribution in [2.24, 2.45) is 14.1 Å². The monoisotopic (exact) mass is 417 g/mol. The van der Waals surface area contributed by atoms with E-state index in [4.69, 9.17) is 0 Å². The fourth-order valence-electron chi connectivity index (χ4n) is 3.70. The van der Waals surface area contributed by atoms with E-state index in [1.165, 1.54) is 22.1 Å². The lowest BCUT2D eigenvalue weighted by molar-refractivity contribution is -0.924. The summed E-state index contributed by atoms with van der Waals surface area (Å²) in [5, 5.41) is 0. The highest BCUT2D eigenvalue weighted by Crippen LogP contribution is 2.09. The van der Waals surface area contributed by atoms with E-state index >= 15 is 0 Å². The first-order chi connectivity index (χ1) is 13.5. The van der Waals surface area contributed by atoms with Crippen LogP contribution in [-0.4, -0.2) is 31.8 Å². The molecule has 1 N–H and O–H groups in total. The second-order valence-corrected chi connectivity index (χ2v) is 7.20. The van der Waals surface area contributed by atoms with Gasteiger partial charge in [-0.15, -0.1) is 0 Å². The Morgan fingerprint density at radius 1 is 1.17 bits per heavy atom. The Kier molecular flexibility index (Phi) is 7.59. The highest BCUT2D eigenvalue weighted by atomic mass is 35.5. The standard InChI is InChI=1S/C21H27N5O2.ClH/c1-5-12-25(16(2)17-10-7-6-8-11-17)13-9-14-26-15-22-19-18(26)20(27)24(4)21(28)23(19)3;/h5-8,10-11,15-16H,1,9,12-14H2,2-4H3;1H. The topological polar surface area (TPSA) is 66.3 Å². The summed E-state index contributed by atoms with van der Waals surface area (Å²) in [6, 6.07) is 10.8. The fourth-order valence-corrected chi connectivity index (χ4v) is 3.70. The van der Waals surface area contributed by atoms with E-state index in [-0.39, 0.29) is 23.7 Å². The van der Waals surface area contributed by atoms with Crippen molar-refractivity contribution in [3.8, 4) is 0 Å². The second-order valence-electron chi connectivity index (χ2n) is 7.20. The molecule has 156 valence electrons. The predicted octanol–water partition coefficient (Wildman–Crippen LogP) is -2.34. The summed E-state index contributed by atoms with van der Waals surface area (Å²) in [6.45, 7) is 8.61. The van der Waals surface area contributed by atoms with Crippen LogP contribution in [0.5, 0.6) is 0 Å². The smallest absolute Gasteiger partial charge is 0.332 e. The Bertz CT molecular complexity index is 1080. The van der Waals surface area contributed by atoms with Crippen molar-refractivity contribution in [1.82, 2.24) is 18.7 Å². The van der Waals surface area contributed by atoms with Gasteiger partial charge in [-0.25, -0.2) is 9.78 Å². The van der Waals surface area contributed by atoms with Gasteiger partial charge in [-0.3, -0.25) is 13.9 Å². The highest BCUT2D eigenvalue weighted by molar-refractivity contribution is 5.69. The summed E-state index contributed by atoms with van der Waals surface area (Å²) in [6.07, 6.45) is 4.49. The first-order valence-corrected chi connectivity index (χ1v) is 9.57. The van der Waals surface area contributed by atoms with Gasteiger partial charge in [0.1, 0.15) is 6.04 Å². The van der Waals surface area contributed by atoms with Gasteiger partial charge in [0.25, 0.3) is 5.56 Å². The number of nitrogens with zero attached hydrogens (tertiary/aromatic N) is 4. The average molecular weight is 418 g/mol. The molecular weight excluding hydrogens is 390 g/mol. The maximum atomic E-state index is 12.5. The third kappa shape index (κ3) is 4.52. The largest absolute Gasteiger partial charge is 1.00 e. The number of quaternary nitrogens is 1. The van der Waals surface area contributed by atoms with Crippen LogP contribution in [0.1, 0.15) is 24.9 Å². The molecule has 0 bridgehead atoms. The molecule has 2 unspecified atom stereocenters. The molecule has 0 saturated carbocycles. The van der Waals surface area contributed by atoms with Crippen molar-refractivity contribution in [3.63, 3.8) is 0 Å². The zero-order valence-electron chi connectivity index (χ0n) is 17.1. The summed E-state index contributed by atoms with van der Waals surface area (Å²) >= 11 is 0. The number of hydrogen-bond donors (Lipinski definition) is 1. The fraction of sp³-hybridized carbons (Fsp3) is 0.381. The number of imidazole rings is 1. The van der Waals surface area contributed by atoms with Crippen molar-refractivity contribution in [1.29, 1.82) is 0 Å². The molecule has 0 spiro atoms. The summed E-state index contributed by atoms with van der Waals surface area (Å²) in [5.74, 6) is 0. The van der Waals surface area contributed by atoms with E-state index < -0.39 is 0 Å². The molecular formula is C21H28ClN5O2. The Morgan fingerprint density at radius 3 is 2.52 bits per heavy atom. The first kappa shape index (κ1) is 22.6. The minimum atomic E-state index is -0.360. The molecule has 29 heavy (non-hydrogen) atoms. The van der Waals surface area contributed by atoms with Crippen molar-refractivity contribution >= 4 is 11.2 Å². The number of aryl methyl sites for hydroxylation is 2. The summed E-state index contributed by atoms with van der Waals surface area (Å²) in [5.41, 5.74) is 1.55. The average Bonchev–Trinajstić information content (AvgIpc) is 3.14. The molecule has 2 heterocycles. The minimum absolute atomic E-state index is 0. The van der Waals surface area contributed by atoms with Gasteiger partial charge in [0.2, 0.25) is 0 Å². The summed E-state index contributed by atoms with van der Waals surface area (Å²) in [4.78, 5) is 30.3. The normalized spacial score (nSPS) is 13.1. The van der Waals surface area contributed by atoms with E-state index in [0.717, 1.165) is 24.1 Å². The molecule has 0 radical (unpaired) electrons. The summed E-state index contributed by atoms with van der Waals surface area (Å²) < 4.78 is 4.41. The Hall–Kier alpha value is -2.64. The zero-order valence-corrected chi connectivity index (χ0v) is 17.9. The maximum Gasteiger partial charge on any atom is 0.332 e. The van der Waals surface area contributed by atoms with Gasteiger partial charge >= 0.3 is 5.69 Å². The van der Waals surface area contributed by atoms with Crippen molar-refractivity contribution in [2.45, 2.75) is 25.9 Å². The molecule has 0 aliphatic carbocycles. The van der Waals surface area contributed by atoms with Gasteiger partial charge in [-0.2, -0.15) is 0 Å². The van der Waals surface area contributed by atoms with E-state index in [2.05, 4.69) is 42.8 Å². The number of rotatable bonds is 8. The lowest BCUT2D eigenvalue weighted by Gasteiger charge is -2.25. The van der Waals surface area contributed by atoms with Gasteiger partial charge < -0.3 is 21.9 Å². The molecule has 8 heteroatoms. The molecule has 2 aromatic heterocycles. The number of hydrogen-bond acceptors (Lipinski definition) is 3. The molecule has 3 aromatic rings. The van der Waals surface area contributed by atoms with Crippen LogP contribution in [0.25, 0.3) is 11.2 Å². The highest BCUT2D eigenvalue weighted by Gasteiger charge is 2.19. The van der Waals surface area contributed by atoms with Crippen LogP contribution < -0.4 is 28.6 Å². The molecule has 0 fully saturated rings. The van der Waals surface area contributed by atoms with Crippen molar-refractivity contribution in [3.05, 3.63) is 75.7 Å². The van der Waals surface area contributed by atoms with Gasteiger partial charge in [0, 0.05) is 32.6 Å². The predicted molar refractivity (Wildman–Crippen MR) is 111 cm³/mol. The third-order valence-corrected chi connectivity index (χ3v) is 5.43. The molecule has 2 atom stereocenters. The van der Waals surface area contributed by atoms with Crippen LogP contribution in [-0.2, 0) is 20.6 Å². The molecule has 0 aliphatic heterocycles. The van der Waals surface area contributed by atoms with Gasteiger partial charge in [0.15, 0.2) is 11.2 Å². The SMILES string of the molecule is C=CC[NH+](CCCn1cnc2c1c(=O)n(C)c(=O)n2C)C(C)c1ccccc1.[Cl-].